The summed E-state index contributed by atoms with van der Waals surface area (Å²) in [7, 11) is -4.13. The van der Waals surface area contributed by atoms with E-state index >= 15 is 0 Å². The Labute approximate surface area is 124 Å². The van der Waals surface area contributed by atoms with E-state index in [1.807, 2.05) is 0 Å². The molecule has 0 aromatic carbocycles. The van der Waals surface area contributed by atoms with Crippen LogP contribution in [0.3, 0.4) is 0 Å². The summed E-state index contributed by atoms with van der Waals surface area (Å²) in [5.41, 5.74) is 7.62. The van der Waals surface area contributed by atoms with Gasteiger partial charge in [-0.3, -0.25) is 14.3 Å². The zero-order chi connectivity index (χ0) is 16.5. The monoisotopic (exact) mass is 332 g/mol. The summed E-state index contributed by atoms with van der Waals surface area (Å²) in [6, 6.07) is -0.778. The average molecular weight is 332 g/mol. The number of hydrogen-bond acceptors (Lipinski definition) is 7. The highest BCUT2D eigenvalue weighted by atomic mass is 31.2. The van der Waals surface area contributed by atoms with Crippen LogP contribution in [0.25, 0.3) is 10.4 Å². The van der Waals surface area contributed by atoms with E-state index in [9.17, 15) is 9.59 Å². The van der Waals surface area contributed by atoms with Gasteiger partial charge in [0.05, 0.1) is 6.04 Å². The number of aromatic nitrogens is 2. The molecule has 2 heterocycles. The number of azide groups is 1. The van der Waals surface area contributed by atoms with Crippen molar-refractivity contribution in [3.8, 4) is 0 Å². The molecule has 22 heavy (non-hydrogen) atoms. The Morgan fingerprint density at radius 3 is 2.82 bits per heavy atom. The van der Waals surface area contributed by atoms with Crippen LogP contribution in [0.5, 0.6) is 0 Å². The molecule has 0 spiro atoms. The van der Waals surface area contributed by atoms with Crippen LogP contribution >= 0.6 is 7.94 Å². The predicted octanol–water partition coefficient (Wildman–Crippen LogP) is -0.449. The highest BCUT2D eigenvalue weighted by Crippen LogP contribution is 2.48. The van der Waals surface area contributed by atoms with E-state index in [0.29, 0.717) is 5.56 Å². The third-order valence-electron chi connectivity index (χ3n) is 3.29. The van der Waals surface area contributed by atoms with Crippen molar-refractivity contribution < 1.29 is 19.4 Å². The molecule has 0 saturated carbocycles. The van der Waals surface area contributed by atoms with Gasteiger partial charge in [0.1, 0.15) is 12.3 Å². The van der Waals surface area contributed by atoms with Crippen molar-refractivity contribution in [3.63, 3.8) is 0 Å². The molecule has 3 atom stereocenters. The van der Waals surface area contributed by atoms with E-state index in [-0.39, 0.29) is 6.42 Å². The van der Waals surface area contributed by atoms with Crippen LogP contribution in [-0.2, 0) is 4.74 Å². The molecule has 1 saturated heterocycles. The van der Waals surface area contributed by atoms with Crippen molar-refractivity contribution in [2.24, 2.45) is 5.11 Å². The van der Waals surface area contributed by atoms with Gasteiger partial charge < -0.3 is 4.74 Å². The number of aryl methyl sites for hydroxylation is 1. The van der Waals surface area contributed by atoms with Gasteiger partial charge in [-0.1, -0.05) is 5.11 Å². The standard InChI is InChI=1S/C10H14N5O6P/c1-5-3-15(10(17)12-9(5)16)8-2-6(13-14-11)7(21-8)4-22(18,19)20/h3,6-8,18-20H,2,4H2,1H3/p+1/t6?,7-,8-/m1/s1. The molecule has 120 valence electrons. The molecule has 2 rings (SSSR count). The Kier molecular flexibility index (Phi) is 4.66. The van der Waals surface area contributed by atoms with E-state index < -0.39 is 43.7 Å². The molecule has 1 aliphatic rings. The van der Waals surface area contributed by atoms with Crippen LogP contribution in [0, 0.1) is 6.92 Å². The van der Waals surface area contributed by atoms with Crippen LogP contribution in [-0.4, -0.2) is 42.5 Å². The highest BCUT2D eigenvalue weighted by molar-refractivity contribution is 7.58. The van der Waals surface area contributed by atoms with Gasteiger partial charge in [-0.2, -0.15) is 14.7 Å². The summed E-state index contributed by atoms with van der Waals surface area (Å²) in [4.78, 5) is 55.4. The molecule has 0 radical (unpaired) electrons. The van der Waals surface area contributed by atoms with Crippen LogP contribution in [0.15, 0.2) is 20.9 Å². The average Bonchev–Trinajstić information content (AvgIpc) is 2.75. The fourth-order valence-electron chi connectivity index (χ4n) is 2.28. The van der Waals surface area contributed by atoms with E-state index in [0.717, 1.165) is 4.57 Å². The second-order valence-corrected chi connectivity index (χ2v) is 6.74. The van der Waals surface area contributed by atoms with Crippen LogP contribution in [0.1, 0.15) is 18.2 Å². The highest BCUT2D eigenvalue weighted by Gasteiger charge is 2.45. The summed E-state index contributed by atoms with van der Waals surface area (Å²) in [5.74, 6) is 0. The Balaban J connectivity index is 2.31. The molecule has 1 fully saturated rings. The van der Waals surface area contributed by atoms with Gasteiger partial charge in [0.2, 0.25) is 0 Å². The third kappa shape index (κ3) is 3.72. The summed E-state index contributed by atoms with van der Waals surface area (Å²) in [6.45, 7) is 1.51. The number of H-pyrrole nitrogens is 1. The molecule has 1 aromatic heterocycles. The van der Waals surface area contributed by atoms with Crippen LogP contribution < -0.4 is 11.2 Å². The summed E-state index contributed by atoms with van der Waals surface area (Å²) in [6.07, 6.45) is -0.909. The minimum atomic E-state index is -4.13. The molecule has 0 amide bonds. The predicted molar refractivity (Wildman–Crippen MR) is 76.0 cm³/mol. The third-order valence-corrected chi connectivity index (χ3v) is 4.13. The smallest absolute Gasteiger partial charge is 0.350 e. The number of nitrogens with one attached hydrogen (secondary N) is 1. The van der Waals surface area contributed by atoms with Crippen molar-refractivity contribution in [2.45, 2.75) is 31.7 Å². The van der Waals surface area contributed by atoms with E-state index in [4.69, 9.17) is 24.9 Å². The lowest BCUT2D eigenvalue weighted by molar-refractivity contribution is 0.00492. The number of aromatic amines is 1. The van der Waals surface area contributed by atoms with Crippen LogP contribution in [0.2, 0.25) is 0 Å². The van der Waals surface area contributed by atoms with E-state index in [1.165, 1.54) is 13.1 Å². The second-order valence-electron chi connectivity index (χ2n) is 4.99. The zero-order valence-electron chi connectivity index (χ0n) is 11.5. The Bertz CT molecular complexity index is 718. The minimum absolute atomic E-state index is 0.0973. The quantitative estimate of drug-likeness (QED) is 0.251. The number of hydrogen-bond donors (Lipinski definition) is 4. The molecule has 0 bridgehead atoms. The lowest BCUT2D eigenvalue weighted by Crippen LogP contribution is -2.33. The van der Waals surface area contributed by atoms with Crippen molar-refractivity contribution in [1.82, 2.24) is 9.55 Å². The Hall–Kier alpha value is -1.74. The fraction of sp³-hybridized carbons (Fsp3) is 0.600. The molecule has 1 unspecified atom stereocenters. The maximum absolute atomic E-state index is 11.8. The molecular formula is C10H15N5O6P+. The molecule has 11 nitrogen and oxygen atoms in total. The topological polar surface area (TPSA) is 174 Å². The number of rotatable bonds is 4. The van der Waals surface area contributed by atoms with Crippen LogP contribution in [0.4, 0.5) is 0 Å². The van der Waals surface area contributed by atoms with Gasteiger partial charge in [0.15, 0.2) is 6.16 Å². The maximum atomic E-state index is 11.8. The van der Waals surface area contributed by atoms with Crippen molar-refractivity contribution >= 4 is 7.94 Å². The first-order chi connectivity index (χ1) is 10.2. The van der Waals surface area contributed by atoms with Gasteiger partial charge in [0, 0.05) is 23.1 Å². The van der Waals surface area contributed by atoms with E-state index in [2.05, 4.69) is 15.0 Å². The van der Waals surface area contributed by atoms with Crippen molar-refractivity contribution in [3.05, 3.63) is 43.0 Å². The maximum Gasteiger partial charge on any atom is 0.406 e. The minimum Gasteiger partial charge on any atom is -0.350 e. The normalized spacial score (nSPS) is 25.0. The van der Waals surface area contributed by atoms with Gasteiger partial charge in [0.25, 0.3) is 5.56 Å². The number of nitrogens with zero attached hydrogens (tertiary/aromatic N) is 4. The molecular weight excluding hydrogens is 317 g/mol. The first kappa shape index (κ1) is 16.6. The van der Waals surface area contributed by atoms with E-state index in [1.54, 1.807) is 0 Å². The molecule has 0 aliphatic carbocycles. The Morgan fingerprint density at radius 1 is 1.55 bits per heavy atom. The Morgan fingerprint density at radius 2 is 2.23 bits per heavy atom. The SMILES string of the molecule is Cc1cn([C@H]2CC(N=[N+]=[N-])[C@@H](C[P+](O)(O)O)O2)c(=O)[nH]c1=O. The second kappa shape index (κ2) is 6.17. The first-order valence-electron chi connectivity index (χ1n) is 6.29. The molecule has 1 aliphatic heterocycles. The lowest BCUT2D eigenvalue weighted by Gasteiger charge is -2.16. The van der Waals surface area contributed by atoms with Gasteiger partial charge in [-0.05, 0) is 12.5 Å². The van der Waals surface area contributed by atoms with Crippen molar-refractivity contribution in [2.75, 3.05) is 6.16 Å². The van der Waals surface area contributed by atoms with Gasteiger partial charge >= 0.3 is 13.6 Å². The summed E-state index contributed by atoms with van der Waals surface area (Å²) in [5, 5.41) is 3.49. The molecule has 4 N–H and O–H groups in total. The van der Waals surface area contributed by atoms with Crippen molar-refractivity contribution in [1.29, 1.82) is 0 Å². The lowest BCUT2D eigenvalue weighted by atomic mass is 10.1. The van der Waals surface area contributed by atoms with Gasteiger partial charge in [-0.15, -0.1) is 0 Å². The first-order valence-corrected chi connectivity index (χ1v) is 8.12. The summed E-state index contributed by atoms with van der Waals surface area (Å²) < 4.78 is 6.62. The largest absolute Gasteiger partial charge is 0.406 e. The van der Waals surface area contributed by atoms with Gasteiger partial charge in [-0.25, -0.2) is 4.79 Å². The number of ether oxygens (including phenoxy) is 1. The zero-order valence-corrected chi connectivity index (χ0v) is 12.4. The fourth-order valence-corrected chi connectivity index (χ4v) is 3.09. The molecule has 12 heteroatoms. The summed E-state index contributed by atoms with van der Waals surface area (Å²) >= 11 is 0. The molecule has 1 aromatic rings.